The molecule has 1 aliphatic carbocycles. The molecular weight excluding hydrogens is 354 g/mol. The first-order chi connectivity index (χ1) is 12.2. The Morgan fingerprint density at radius 1 is 1.00 bits per heavy atom. The van der Waals surface area contributed by atoms with Crippen LogP contribution in [0.15, 0.2) is 18.2 Å². The van der Waals surface area contributed by atoms with Crippen molar-refractivity contribution in [3.8, 4) is 0 Å². The fourth-order valence-corrected chi connectivity index (χ4v) is 5.77. The Kier molecular flexibility index (Phi) is 7.13. The molecule has 0 bridgehead atoms. The number of halogens is 1. The standard InChI is InChI=1S/C23H39N3.ClH/c1-6-9-25-10-12-26(13-11-25)21-14-19(24)7-8-20(21)18-15-22(2,3)17-23(4,5)16-18;/h7-8,14,18H,6,9-13,15-17,24H2,1-5H3;1H. The van der Waals surface area contributed by atoms with E-state index < -0.39 is 0 Å². The molecule has 0 amide bonds. The molecule has 2 aliphatic rings. The van der Waals surface area contributed by atoms with Crippen molar-refractivity contribution in [1.29, 1.82) is 0 Å². The highest BCUT2D eigenvalue weighted by atomic mass is 35.5. The lowest BCUT2D eigenvalue weighted by Gasteiger charge is -2.46. The molecule has 3 rings (SSSR count). The molecule has 0 aromatic heterocycles. The van der Waals surface area contributed by atoms with Crippen molar-refractivity contribution < 1.29 is 0 Å². The lowest BCUT2D eigenvalue weighted by molar-refractivity contribution is 0.0970. The number of nitrogens with zero attached hydrogens (tertiary/aromatic N) is 2. The summed E-state index contributed by atoms with van der Waals surface area (Å²) in [6, 6.07) is 6.67. The topological polar surface area (TPSA) is 32.5 Å². The van der Waals surface area contributed by atoms with E-state index in [0.717, 1.165) is 18.8 Å². The number of nitrogens with two attached hydrogens (primary N) is 1. The predicted molar refractivity (Wildman–Crippen MR) is 121 cm³/mol. The largest absolute Gasteiger partial charge is 0.399 e. The van der Waals surface area contributed by atoms with E-state index in [1.165, 1.54) is 56.6 Å². The number of nitrogen functional groups attached to an aromatic ring is 1. The summed E-state index contributed by atoms with van der Waals surface area (Å²) in [7, 11) is 0. The van der Waals surface area contributed by atoms with Crippen molar-refractivity contribution >= 4 is 23.8 Å². The van der Waals surface area contributed by atoms with Gasteiger partial charge in [-0.25, -0.2) is 0 Å². The van der Waals surface area contributed by atoms with Crippen LogP contribution in [0, 0.1) is 10.8 Å². The molecule has 1 aromatic carbocycles. The summed E-state index contributed by atoms with van der Waals surface area (Å²) >= 11 is 0. The Morgan fingerprint density at radius 2 is 1.59 bits per heavy atom. The lowest BCUT2D eigenvalue weighted by Crippen LogP contribution is -2.47. The third-order valence-corrected chi connectivity index (χ3v) is 6.30. The first kappa shape index (κ1) is 22.4. The van der Waals surface area contributed by atoms with Gasteiger partial charge in [0.05, 0.1) is 0 Å². The van der Waals surface area contributed by atoms with E-state index >= 15 is 0 Å². The molecule has 1 aliphatic heterocycles. The van der Waals surface area contributed by atoms with E-state index in [4.69, 9.17) is 5.73 Å². The van der Waals surface area contributed by atoms with E-state index in [1.54, 1.807) is 0 Å². The smallest absolute Gasteiger partial charge is 0.0423 e. The fraction of sp³-hybridized carbons (Fsp3) is 0.739. The average molecular weight is 394 g/mol. The summed E-state index contributed by atoms with van der Waals surface area (Å²) in [6.45, 7) is 17.9. The molecule has 3 nitrogen and oxygen atoms in total. The van der Waals surface area contributed by atoms with Crippen molar-refractivity contribution in [3.63, 3.8) is 0 Å². The van der Waals surface area contributed by atoms with Crippen molar-refractivity contribution in [2.24, 2.45) is 10.8 Å². The van der Waals surface area contributed by atoms with Gasteiger partial charge in [0.1, 0.15) is 0 Å². The highest BCUT2D eigenvalue weighted by molar-refractivity contribution is 5.85. The van der Waals surface area contributed by atoms with Crippen LogP contribution in [0.5, 0.6) is 0 Å². The second-order valence-corrected chi connectivity index (χ2v) is 10.3. The van der Waals surface area contributed by atoms with Crippen LogP contribution in [0.1, 0.15) is 71.8 Å². The first-order valence-electron chi connectivity index (χ1n) is 10.6. The van der Waals surface area contributed by atoms with Crippen LogP contribution in [0.2, 0.25) is 0 Å². The Balaban J connectivity index is 0.00000261. The number of hydrogen-bond acceptors (Lipinski definition) is 3. The first-order valence-corrected chi connectivity index (χ1v) is 10.6. The number of hydrogen-bond donors (Lipinski definition) is 1. The Bertz CT molecular complexity index is 602. The zero-order valence-corrected chi connectivity index (χ0v) is 18.9. The van der Waals surface area contributed by atoms with Gasteiger partial charge in [-0.3, -0.25) is 4.90 Å². The van der Waals surface area contributed by atoms with Gasteiger partial charge in [-0.1, -0.05) is 40.7 Å². The van der Waals surface area contributed by atoms with Crippen LogP contribution in [-0.2, 0) is 0 Å². The summed E-state index contributed by atoms with van der Waals surface area (Å²) < 4.78 is 0. The maximum absolute atomic E-state index is 6.21. The normalized spacial score (nSPS) is 23.1. The molecule has 1 heterocycles. The molecule has 0 unspecified atom stereocenters. The Labute approximate surface area is 173 Å². The molecule has 0 atom stereocenters. The summed E-state index contributed by atoms with van der Waals surface area (Å²) in [5.74, 6) is 0.637. The van der Waals surface area contributed by atoms with Crippen molar-refractivity contribution in [1.82, 2.24) is 4.90 Å². The highest BCUT2D eigenvalue weighted by Gasteiger charge is 2.40. The van der Waals surface area contributed by atoms with E-state index in [0.29, 0.717) is 16.7 Å². The predicted octanol–water partition coefficient (Wildman–Crippen LogP) is 5.54. The van der Waals surface area contributed by atoms with Crippen molar-refractivity contribution in [2.75, 3.05) is 43.4 Å². The highest BCUT2D eigenvalue weighted by Crippen LogP contribution is 2.53. The molecule has 1 saturated heterocycles. The van der Waals surface area contributed by atoms with Gasteiger partial charge in [-0.2, -0.15) is 0 Å². The molecule has 0 radical (unpaired) electrons. The van der Waals surface area contributed by atoms with Crippen LogP contribution >= 0.6 is 12.4 Å². The maximum Gasteiger partial charge on any atom is 0.0423 e. The van der Waals surface area contributed by atoms with Crippen LogP contribution in [-0.4, -0.2) is 37.6 Å². The van der Waals surface area contributed by atoms with Crippen LogP contribution in [0.25, 0.3) is 0 Å². The Hall–Kier alpha value is -0.930. The molecule has 1 saturated carbocycles. The molecule has 27 heavy (non-hydrogen) atoms. The monoisotopic (exact) mass is 393 g/mol. The van der Waals surface area contributed by atoms with E-state index in [-0.39, 0.29) is 12.4 Å². The van der Waals surface area contributed by atoms with Crippen molar-refractivity contribution in [2.45, 2.75) is 66.2 Å². The summed E-state index contributed by atoms with van der Waals surface area (Å²) in [4.78, 5) is 5.18. The molecular formula is C23H40ClN3. The van der Waals surface area contributed by atoms with E-state index in [9.17, 15) is 0 Å². The van der Waals surface area contributed by atoms with E-state index in [1.807, 2.05) is 0 Å². The summed E-state index contributed by atoms with van der Waals surface area (Å²) in [6.07, 6.45) is 5.12. The fourth-order valence-electron chi connectivity index (χ4n) is 5.77. The minimum absolute atomic E-state index is 0. The van der Waals surface area contributed by atoms with Crippen LogP contribution in [0.3, 0.4) is 0 Å². The van der Waals surface area contributed by atoms with Gasteiger partial charge < -0.3 is 10.6 Å². The SMILES string of the molecule is CCCN1CCN(c2cc(N)ccc2C2CC(C)(C)CC(C)(C)C2)CC1.Cl. The van der Waals surface area contributed by atoms with E-state index in [2.05, 4.69) is 62.6 Å². The molecule has 2 fully saturated rings. The summed E-state index contributed by atoms with van der Waals surface area (Å²) in [5, 5.41) is 0. The van der Waals surface area contributed by atoms with Gasteiger partial charge in [-0.05, 0) is 66.7 Å². The van der Waals surface area contributed by atoms with Gasteiger partial charge in [0, 0.05) is 37.6 Å². The zero-order chi connectivity index (χ0) is 18.9. The van der Waals surface area contributed by atoms with Gasteiger partial charge in [0.25, 0.3) is 0 Å². The second kappa shape index (κ2) is 8.61. The molecule has 1 aromatic rings. The van der Waals surface area contributed by atoms with Gasteiger partial charge in [0.15, 0.2) is 0 Å². The third kappa shape index (κ3) is 5.54. The minimum Gasteiger partial charge on any atom is -0.399 e. The van der Waals surface area contributed by atoms with Crippen LogP contribution in [0.4, 0.5) is 11.4 Å². The molecule has 2 N–H and O–H groups in total. The quantitative estimate of drug-likeness (QED) is 0.681. The molecule has 154 valence electrons. The third-order valence-electron chi connectivity index (χ3n) is 6.30. The van der Waals surface area contributed by atoms with Crippen LogP contribution < -0.4 is 10.6 Å². The minimum atomic E-state index is 0. The number of anilines is 2. The summed E-state index contributed by atoms with van der Waals surface area (Å²) in [5.41, 5.74) is 10.9. The zero-order valence-electron chi connectivity index (χ0n) is 18.1. The maximum atomic E-state index is 6.21. The number of rotatable bonds is 4. The second-order valence-electron chi connectivity index (χ2n) is 10.3. The molecule has 4 heteroatoms. The lowest BCUT2D eigenvalue weighted by atomic mass is 9.60. The number of piperazine rings is 1. The number of benzene rings is 1. The van der Waals surface area contributed by atoms with Gasteiger partial charge in [-0.15, -0.1) is 12.4 Å². The van der Waals surface area contributed by atoms with Gasteiger partial charge >= 0.3 is 0 Å². The Morgan fingerprint density at radius 3 is 2.15 bits per heavy atom. The average Bonchev–Trinajstić information content (AvgIpc) is 2.53. The molecule has 0 spiro atoms. The van der Waals surface area contributed by atoms with Gasteiger partial charge in [0.2, 0.25) is 0 Å². The van der Waals surface area contributed by atoms with Crippen molar-refractivity contribution in [3.05, 3.63) is 23.8 Å².